The number of rotatable bonds is 2. The third-order valence-electron chi connectivity index (χ3n) is 3.35. The van der Waals surface area contributed by atoms with Gasteiger partial charge in [0.15, 0.2) is 0 Å². The molecular weight excluding hydrogens is 190 g/mol. The van der Waals surface area contributed by atoms with E-state index in [4.69, 9.17) is 0 Å². The fourth-order valence-electron chi connectivity index (χ4n) is 2.37. The van der Waals surface area contributed by atoms with Gasteiger partial charge in [-0.15, -0.1) is 0 Å². The first kappa shape index (κ1) is 10.6. The zero-order valence-electron chi connectivity index (χ0n) is 9.43. The molecule has 1 aromatic heterocycles. The van der Waals surface area contributed by atoms with E-state index >= 15 is 0 Å². The Labute approximate surface area is 90.5 Å². The molecular formula is C11H19N3O. The number of aliphatic hydroxyl groups excluding tert-OH is 1. The van der Waals surface area contributed by atoms with Crippen molar-refractivity contribution in [2.75, 3.05) is 13.6 Å². The van der Waals surface area contributed by atoms with E-state index in [9.17, 15) is 5.11 Å². The van der Waals surface area contributed by atoms with Gasteiger partial charge in [-0.2, -0.15) is 5.10 Å². The van der Waals surface area contributed by atoms with Crippen LogP contribution >= 0.6 is 0 Å². The molecule has 2 rings (SSSR count). The highest BCUT2D eigenvalue weighted by molar-refractivity contribution is 5.07. The second-order valence-electron chi connectivity index (χ2n) is 4.37. The number of hydrogen-bond acceptors (Lipinski definition) is 3. The Balaban J connectivity index is 2.13. The van der Waals surface area contributed by atoms with E-state index in [-0.39, 0.29) is 6.04 Å². The first-order valence-corrected chi connectivity index (χ1v) is 5.56. The number of likely N-dealkylation sites (N-methyl/N-ethyl adjacent to an activating group) is 1. The van der Waals surface area contributed by atoms with E-state index in [1.165, 1.54) is 12.8 Å². The Morgan fingerprint density at radius 3 is 2.87 bits per heavy atom. The van der Waals surface area contributed by atoms with Gasteiger partial charge in [0.05, 0.1) is 5.69 Å². The molecule has 1 N–H and O–H groups in total. The molecule has 0 spiro atoms. The molecule has 1 aliphatic heterocycles. The van der Waals surface area contributed by atoms with Gasteiger partial charge in [-0.1, -0.05) is 6.42 Å². The monoisotopic (exact) mass is 209 g/mol. The summed E-state index contributed by atoms with van der Waals surface area (Å²) in [6, 6.07) is 2.14. The topological polar surface area (TPSA) is 41.3 Å². The molecule has 0 unspecified atom stereocenters. The van der Waals surface area contributed by atoms with Crippen molar-refractivity contribution < 1.29 is 5.11 Å². The zero-order valence-corrected chi connectivity index (χ0v) is 9.43. The number of piperidine rings is 1. The predicted octanol–water partition coefficient (Wildman–Crippen LogP) is 0.938. The van der Waals surface area contributed by atoms with Crippen molar-refractivity contribution in [2.24, 2.45) is 7.05 Å². The maximum absolute atomic E-state index is 10.3. The molecule has 0 radical (unpaired) electrons. The fraction of sp³-hybridized carbons (Fsp3) is 0.727. The van der Waals surface area contributed by atoms with Crippen LogP contribution in [0.5, 0.6) is 0 Å². The average Bonchev–Trinajstić information content (AvgIpc) is 2.64. The number of aryl methyl sites for hydroxylation is 1. The molecule has 84 valence electrons. The van der Waals surface area contributed by atoms with Crippen LogP contribution in [0.15, 0.2) is 12.3 Å². The highest BCUT2D eigenvalue weighted by Crippen LogP contribution is 2.26. The summed E-state index contributed by atoms with van der Waals surface area (Å²) in [6.45, 7) is 1.08. The van der Waals surface area contributed by atoms with E-state index in [0.29, 0.717) is 0 Å². The highest BCUT2D eigenvalue weighted by Gasteiger charge is 2.28. The van der Waals surface area contributed by atoms with Gasteiger partial charge in [0.2, 0.25) is 0 Å². The maximum atomic E-state index is 10.3. The number of nitrogens with zero attached hydrogens (tertiary/aromatic N) is 3. The van der Waals surface area contributed by atoms with Gasteiger partial charge >= 0.3 is 0 Å². The van der Waals surface area contributed by atoms with Crippen molar-refractivity contribution in [3.63, 3.8) is 0 Å². The number of likely N-dealkylation sites (tertiary alicyclic amines) is 1. The van der Waals surface area contributed by atoms with Crippen LogP contribution in [0.4, 0.5) is 0 Å². The molecule has 4 nitrogen and oxygen atoms in total. The second-order valence-corrected chi connectivity index (χ2v) is 4.37. The summed E-state index contributed by atoms with van der Waals surface area (Å²) >= 11 is 0. The lowest BCUT2D eigenvalue weighted by molar-refractivity contribution is 0.0354. The summed E-state index contributed by atoms with van der Waals surface area (Å²) in [4.78, 5) is 2.25. The van der Waals surface area contributed by atoms with E-state index in [1.54, 1.807) is 10.9 Å². The Morgan fingerprint density at radius 2 is 2.27 bits per heavy atom. The summed E-state index contributed by atoms with van der Waals surface area (Å²) in [7, 11) is 3.96. The van der Waals surface area contributed by atoms with E-state index in [1.807, 2.05) is 13.1 Å². The standard InChI is InChI=1S/C11H19N3O/c1-13-8-4-3-5-9(13)11(15)10-6-7-12-14(10)2/h6-7,9,11,15H,3-5,8H2,1-2H3/t9-,11-/m0/s1. The van der Waals surface area contributed by atoms with Gasteiger partial charge in [0.25, 0.3) is 0 Å². The Morgan fingerprint density at radius 1 is 1.47 bits per heavy atom. The first-order chi connectivity index (χ1) is 7.20. The van der Waals surface area contributed by atoms with Crippen molar-refractivity contribution in [2.45, 2.75) is 31.4 Å². The lowest BCUT2D eigenvalue weighted by Crippen LogP contribution is -2.41. The van der Waals surface area contributed by atoms with Gasteiger partial charge in [-0.05, 0) is 32.5 Å². The van der Waals surface area contributed by atoms with Gasteiger partial charge in [-0.25, -0.2) is 0 Å². The van der Waals surface area contributed by atoms with E-state index < -0.39 is 6.10 Å². The van der Waals surface area contributed by atoms with Gasteiger partial charge in [-0.3, -0.25) is 4.68 Å². The van der Waals surface area contributed by atoms with Crippen LogP contribution in [0.25, 0.3) is 0 Å². The fourth-order valence-corrected chi connectivity index (χ4v) is 2.37. The molecule has 1 saturated heterocycles. The van der Waals surface area contributed by atoms with Crippen molar-refractivity contribution in [1.29, 1.82) is 0 Å². The molecule has 4 heteroatoms. The van der Waals surface area contributed by atoms with Crippen molar-refractivity contribution in [3.05, 3.63) is 18.0 Å². The van der Waals surface area contributed by atoms with Crippen molar-refractivity contribution in [3.8, 4) is 0 Å². The summed E-state index contributed by atoms with van der Waals surface area (Å²) < 4.78 is 1.76. The number of hydrogen-bond donors (Lipinski definition) is 1. The lowest BCUT2D eigenvalue weighted by atomic mass is 9.96. The molecule has 2 atom stereocenters. The average molecular weight is 209 g/mol. The van der Waals surface area contributed by atoms with E-state index in [0.717, 1.165) is 18.7 Å². The third-order valence-corrected chi connectivity index (χ3v) is 3.35. The van der Waals surface area contributed by atoms with Crippen LogP contribution in [-0.4, -0.2) is 39.4 Å². The summed E-state index contributed by atoms with van der Waals surface area (Å²) in [5, 5.41) is 14.4. The third kappa shape index (κ3) is 2.06. The first-order valence-electron chi connectivity index (χ1n) is 5.56. The molecule has 1 fully saturated rings. The summed E-state index contributed by atoms with van der Waals surface area (Å²) in [5.74, 6) is 0. The molecule has 0 aliphatic carbocycles. The SMILES string of the molecule is CN1CCCC[C@H]1[C@H](O)c1ccnn1C. The number of aromatic nitrogens is 2. The zero-order chi connectivity index (χ0) is 10.8. The molecule has 0 amide bonds. The molecule has 0 bridgehead atoms. The highest BCUT2D eigenvalue weighted by atomic mass is 16.3. The minimum Gasteiger partial charge on any atom is -0.385 e. The van der Waals surface area contributed by atoms with Crippen molar-refractivity contribution in [1.82, 2.24) is 14.7 Å². The molecule has 1 aliphatic rings. The number of aliphatic hydroxyl groups is 1. The quantitative estimate of drug-likeness (QED) is 0.788. The Kier molecular flexibility index (Phi) is 3.07. The van der Waals surface area contributed by atoms with Crippen LogP contribution in [0.3, 0.4) is 0 Å². The summed E-state index contributed by atoms with van der Waals surface area (Å²) in [5.41, 5.74) is 0.911. The molecule has 2 heterocycles. The van der Waals surface area contributed by atoms with Crippen LogP contribution in [0.2, 0.25) is 0 Å². The lowest BCUT2D eigenvalue weighted by Gasteiger charge is -2.35. The second kappa shape index (κ2) is 4.33. The predicted molar refractivity (Wildman–Crippen MR) is 58.4 cm³/mol. The normalized spacial score (nSPS) is 25.4. The maximum Gasteiger partial charge on any atom is 0.111 e. The molecule has 15 heavy (non-hydrogen) atoms. The smallest absolute Gasteiger partial charge is 0.111 e. The largest absolute Gasteiger partial charge is 0.385 e. The van der Waals surface area contributed by atoms with Gasteiger partial charge in [0.1, 0.15) is 6.10 Å². The van der Waals surface area contributed by atoms with Gasteiger partial charge in [0, 0.05) is 19.3 Å². The molecule has 1 aromatic rings. The van der Waals surface area contributed by atoms with Crippen LogP contribution < -0.4 is 0 Å². The van der Waals surface area contributed by atoms with E-state index in [2.05, 4.69) is 17.0 Å². The van der Waals surface area contributed by atoms with Crippen LogP contribution in [-0.2, 0) is 7.05 Å². The Bertz CT molecular complexity index is 323. The Hall–Kier alpha value is -0.870. The summed E-state index contributed by atoms with van der Waals surface area (Å²) in [6.07, 6.45) is 4.85. The minimum absolute atomic E-state index is 0.245. The van der Waals surface area contributed by atoms with Crippen molar-refractivity contribution >= 4 is 0 Å². The van der Waals surface area contributed by atoms with Gasteiger partial charge < -0.3 is 10.0 Å². The molecule has 0 aromatic carbocycles. The van der Waals surface area contributed by atoms with Crippen LogP contribution in [0.1, 0.15) is 31.1 Å². The van der Waals surface area contributed by atoms with Crippen LogP contribution in [0, 0.1) is 0 Å². The minimum atomic E-state index is -0.414. The molecule has 0 saturated carbocycles.